The first-order valence-electron chi connectivity index (χ1n) is 6.64. The number of thiazole rings is 2. The summed E-state index contributed by atoms with van der Waals surface area (Å²) in [7, 11) is 0. The highest BCUT2D eigenvalue weighted by Crippen LogP contribution is 2.35. The molecule has 0 fully saturated rings. The molecule has 0 aliphatic carbocycles. The van der Waals surface area contributed by atoms with Crippen molar-refractivity contribution in [2.24, 2.45) is 0 Å². The fraction of sp³-hybridized carbons (Fsp3) is 0.0667. The Morgan fingerprint density at radius 1 is 1.09 bits per heavy atom. The highest BCUT2D eigenvalue weighted by atomic mass is 35.5. The van der Waals surface area contributed by atoms with Crippen molar-refractivity contribution in [1.82, 2.24) is 9.97 Å². The Bertz CT molecular complexity index is 972. The fourth-order valence-corrected chi connectivity index (χ4v) is 5.34. The van der Waals surface area contributed by atoms with Crippen LogP contribution >= 0.6 is 57.4 Å². The van der Waals surface area contributed by atoms with Crippen molar-refractivity contribution in [3.8, 4) is 10.6 Å². The van der Waals surface area contributed by atoms with Gasteiger partial charge >= 0.3 is 0 Å². The maximum absolute atomic E-state index is 5.99. The number of hydrogen-bond donors (Lipinski definition) is 1. The summed E-state index contributed by atoms with van der Waals surface area (Å²) < 4.78 is 1.96. The number of benzene rings is 1. The van der Waals surface area contributed by atoms with E-state index in [1.54, 1.807) is 34.4 Å². The molecule has 0 spiro atoms. The van der Waals surface area contributed by atoms with E-state index in [1.165, 1.54) is 20.9 Å². The monoisotopic (exact) mass is 395 g/mol. The van der Waals surface area contributed by atoms with Gasteiger partial charge in [0.2, 0.25) is 0 Å². The normalized spacial score (nSPS) is 11.2. The Labute approximate surface area is 154 Å². The molecule has 3 aromatic heterocycles. The molecule has 0 unspecified atom stereocenters. The van der Waals surface area contributed by atoms with Crippen LogP contribution in [0.4, 0.5) is 10.3 Å². The number of thiophene rings is 1. The van der Waals surface area contributed by atoms with Crippen LogP contribution in [-0.4, -0.2) is 16.2 Å². The van der Waals surface area contributed by atoms with Crippen LogP contribution < -0.4 is 5.32 Å². The van der Waals surface area contributed by atoms with Crippen LogP contribution in [0.3, 0.4) is 0 Å². The number of hydrogen-bond acceptors (Lipinski definition) is 7. The van der Waals surface area contributed by atoms with Crippen LogP contribution in [0.2, 0.25) is 4.34 Å². The van der Waals surface area contributed by atoms with E-state index in [-0.39, 0.29) is 0 Å². The summed E-state index contributed by atoms with van der Waals surface area (Å²) in [6.07, 6.45) is 2.08. The zero-order valence-electron chi connectivity index (χ0n) is 11.9. The van der Waals surface area contributed by atoms with Crippen molar-refractivity contribution in [1.29, 1.82) is 0 Å². The third-order valence-corrected chi connectivity index (χ3v) is 6.81. The first kappa shape index (κ1) is 15.4. The maximum Gasteiger partial charge on any atom is 0.190 e. The van der Waals surface area contributed by atoms with Crippen molar-refractivity contribution in [3.05, 3.63) is 40.0 Å². The molecule has 0 aliphatic rings. The second-order valence-electron chi connectivity index (χ2n) is 4.62. The smallest absolute Gasteiger partial charge is 0.190 e. The standard InChI is InChI=1S/C15H10ClN3S4/c1-20-8-2-3-9-12(6-8)23-15(17-9)19-14-18-10(7-21-14)11-4-5-13(16)22-11/h2-7H,1H3,(H,17,18,19). The fourth-order valence-electron chi connectivity index (χ4n) is 2.07. The molecular formula is C15H10ClN3S4. The molecule has 3 nitrogen and oxygen atoms in total. The van der Waals surface area contributed by atoms with Crippen LogP contribution in [0.15, 0.2) is 40.6 Å². The first-order chi connectivity index (χ1) is 11.2. The number of rotatable bonds is 4. The Kier molecular flexibility index (Phi) is 4.29. The highest BCUT2D eigenvalue weighted by molar-refractivity contribution is 7.98. The lowest BCUT2D eigenvalue weighted by atomic mass is 10.3. The number of anilines is 2. The molecule has 8 heteroatoms. The summed E-state index contributed by atoms with van der Waals surface area (Å²) in [5.41, 5.74) is 1.96. The van der Waals surface area contributed by atoms with E-state index in [4.69, 9.17) is 11.6 Å². The summed E-state index contributed by atoms with van der Waals surface area (Å²) in [6.45, 7) is 0. The molecule has 0 bridgehead atoms. The minimum atomic E-state index is 0.776. The van der Waals surface area contributed by atoms with E-state index in [0.717, 1.165) is 30.7 Å². The van der Waals surface area contributed by atoms with E-state index in [2.05, 4.69) is 39.7 Å². The van der Waals surface area contributed by atoms with Gasteiger partial charge < -0.3 is 5.32 Å². The van der Waals surface area contributed by atoms with Crippen LogP contribution in [0, 0.1) is 0 Å². The summed E-state index contributed by atoms with van der Waals surface area (Å²) in [5, 5.41) is 7.04. The molecule has 0 saturated heterocycles. The van der Waals surface area contributed by atoms with E-state index < -0.39 is 0 Å². The van der Waals surface area contributed by atoms with Gasteiger partial charge in [-0.25, -0.2) is 9.97 Å². The SMILES string of the molecule is CSc1ccc2nc(Nc3nc(-c4ccc(Cl)s4)cs3)sc2c1. The second-order valence-corrected chi connectivity index (χ2v) is 9.10. The van der Waals surface area contributed by atoms with Crippen molar-refractivity contribution in [3.63, 3.8) is 0 Å². The third-order valence-electron chi connectivity index (χ3n) is 3.14. The van der Waals surface area contributed by atoms with Crippen LogP contribution in [0.1, 0.15) is 0 Å². The van der Waals surface area contributed by atoms with Crippen LogP contribution in [0.25, 0.3) is 20.8 Å². The minimum absolute atomic E-state index is 0.776. The van der Waals surface area contributed by atoms with Gasteiger partial charge in [0.05, 0.1) is 25.1 Å². The molecule has 4 aromatic rings. The Hall–Kier alpha value is -1.12. The number of fused-ring (bicyclic) bond motifs is 1. The molecule has 0 amide bonds. The lowest BCUT2D eigenvalue weighted by Crippen LogP contribution is -1.87. The number of nitrogens with one attached hydrogen (secondary N) is 1. The number of nitrogens with zero attached hydrogens (tertiary/aromatic N) is 2. The molecule has 116 valence electrons. The highest BCUT2D eigenvalue weighted by Gasteiger charge is 2.10. The van der Waals surface area contributed by atoms with Gasteiger partial charge in [0.25, 0.3) is 0 Å². The summed E-state index contributed by atoms with van der Waals surface area (Å²) in [4.78, 5) is 11.6. The maximum atomic E-state index is 5.99. The van der Waals surface area contributed by atoms with E-state index in [1.807, 2.05) is 17.5 Å². The van der Waals surface area contributed by atoms with Gasteiger partial charge in [0, 0.05) is 10.3 Å². The quantitative estimate of drug-likeness (QED) is 0.395. The molecular weight excluding hydrogens is 386 g/mol. The zero-order valence-corrected chi connectivity index (χ0v) is 15.9. The summed E-state index contributed by atoms with van der Waals surface area (Å²) >= 11 is 12.5. The Balaban J connectivity index is 1.59. The molecule has 0 saturated carbocycles. The molecule has 1 aromatic carbocycles. The molecule has 3 heterocycles. The van der Waals surface area contributed by atoms with Crippen molar-refractivity contribution in [2.75, 3.05) is 11.6 Å². The number of thioether (sulfide) groups is 1. The van der Waals surface area contributed by atoms with Gasteiger partial charge in [0.15, 0.2) is 10.3 Å². The third kappa shape index (κ3) is 3.25. The van der Waals surface area contributed by atoms with Gasteiger partial charge in [0.1, 0.15) is 0 Å². The topological polar surface area (TPSA) is 37.8 Å². The molecule has 1 N–H and O–H groups in total. The molecule has 4 rings (SSSR count). The average molecular weight is 396 g/mol. The minimum Gasteiger partial charge on any atom is -0.307 e. The van der Waals surface area contributed by atoms with E-state index in [0.29, 0.717) is 0 Å². The zero-order chi connectivity index (χ0) is 15.8. The van der Waals surface area contributed by atoms with Crippen LogP contribution in [0.5, 0.6) is 0 Å². The van der Waals surface area contributed by atoms with Gasteiger partial charge in [-0.05, 0) is 36.6 Å². The first-order valence-corrected chi connectivity index (χ1v) is 10.8. The molecule has 23 heavy (non-hydrogen) atoms. The van der Waals surface area contributed by atoms with Crippen molar-refractivity contribution in [2.45, 2.75) is 4.90 Å². The predicted molar refractivity (Wildman–Crippen MR) is 105 cm³/mol. The lowest BCUT2D eigenvalue weighted by molar-refractivity contribution is 1.37. The van der Waals surface area contributed by atoms with Gasteiger partial charge in [-0.15, -0.1) is 34.4 Å². The van der Waals surface area contributed by atoms with E-state index >= 15 is 0 Å². The second kappa shape index (κ2) is 6.41. The molecule has 0 radical (unpaired) electrons. The van der Waals surface area contributed by atoms with Crippen molar-refractivity contribution >= 4 is 77.9 Å². The number of aromatic nitrogens is 2. The number of halogens is 1. The van der Waals surface area contributed by atoms with Gasteiger partial charge in [-0.3, -0.25) is 0 Å². The largest absolute Gasteiger partial charge is 0.307 e. The summed E-state index contributed by atoms with van der Waals surface area (Å²) in [5.74, 6) is 0. The van der Waals surface area contributed by atoms with Crippen molar-refractivity contribution < 1.29 is 0 Å². The van der Waals surface area contributed by atoms with E-state index in [9.17, 15) is 0 Å². The predicted octanol–water partition coefficient (Wildman–Crippen LogP) is 6.60. The Morgan fingerprint density at radius 3 is 2.78 bits per heavy atom. The summed E-state index contributed by atoms with van der Waals surface area (Å²) in [6, 6.07) is 10.2. The molecule has 0 aliphatic heterocycles. The van der Waals surface area contributed by atoms with Crippen LogP contribution in [-0.2, 0) is 0 Å². The lowest BCUT2D eigenvalue weighted by Gasteiger charge is -1.94. The molecule has 0 atom stereocenters. The van der Waals surface area contributed by atoms with Gasteiger partial charge in [-0.1, -0.05) is 22.9 Å². The average Bonchev–Trinajstić information content (AvgIpc) is 3.25. The Morgan fingerprint density at radius 2 is 2.00 bits per heavy atom. The van der Waals surface area contributed by atoms with Gasteiger partial charge in [-0.2, -0.15) is 0 Å².